The molecule has 0 saturated carbocycles. The van der Waals surface area contributed by atoms with Crippen molar-refractivity contribution in [2.75, 3.05) is 0 Å². The predicted octanol–water partition coefficient (Wildman–Crippen LogP) is 1.02. The Morgan fingerprint density at radius 2 is 1.29 bits per heavy atom. The van der Waals surface area contributed by atoms with Crippen LogP contribution in [-0.2, 0) is 0 Å². The van der Waals surface area contributed by atoms with Gasteiger partial charge in [-0.15, -0.1) is 21.8 Å². The van der Waals surface area contributed by atoms with Gasteiger partial charge < -0.3 is 13.2 Å². The summed E-state index contributed by atoms with van der Waals surface area (Å²) in [6.07, 6.45) is 0. The third-order valence-electron chi connectivity index (χ3n) is 2.71. The van der Waals surface area contributed by atoms with Gasteiger partial charge in [0.25, 0.3) is 0 Å². The second-order valence-electron chi connectivity index (χ2n) is 5.54. The average molecular weight is 376 g/mol. The molecule has 1 aliphatic rings. The number of hydrogen-bond acceptors (Lipinski definition) is 3. The normalized spacial score (nSPS) is 31.1. The molecule has 1 rings (SSSR count). The van der Waals surface area contributed by atoms with Gasteiger partial charge in [-0.3, -0.25) is 0 Å². The predicted molar refractivity (Wildman–Crippen MR) is 83.1 cm³/mol. The molecule has 0 radical (unpaired) electrons. The highest BCUT2D eigenvalue weighted by Gasteiger charge is 2.50. The molecule has 0 spiro atoms. The fourth-order valence-corrected chi connectivity index (χ4v) is 42.6. The van der Waals surface area contributed by atoms with E-state index in [2.05, 4.69) is 74.3 Å². The summed E-state index contributed by atoms with van der Waals surface area (Å²) < 4.78 is 10.8. The van der Waals surface area contributed by atoms with Crippen molar-refractivity contribution < 1.29 is 0 Å². The Morgan fingerprint density at radius 1 is 0.929 bits per heavy atom. The summed E-state index contributed by atoms with van der Waals surface area (Å²) in [5, 5.41) is 0. The molecule has 1 heterocycles. The minimum absolute atomic E-state index is 0.0648. The molecule has 2 N–H and O–H groups in total. The Kier molecular flexibility index (Phi) is 3.92. The maximum absolute atomic E-state index is 3.95. The van der Waals surface area contributed by atoms with Crippen LogP contribution in [0, 0.1) is 0 Å². The summed E-state index contributed by atoms with van der Waals surface area (Å²) in [5.74, 6) is 0. The average Bonchev–Trinajstić information content (AvgIpc) is 1.76. The van der Waals surface area contributed by atoms with Crippen molar-refractivity contribution in [3.63, 3.8) is 0 Å². The van der Waals surface area contributed by atoms with E-state index in [1.165, 1.54) is 0 Å². The summed E-state index contributed by atoms with van der Waals surface area (Å²) in [7, 11) is -3.97. The van der Waals surface area contributed by atoms with Gasteiger partial charge in [-0.05, 0) is 39.3 Å². The first-order valence-electron chi connectivity index (χ1n) is 5.03. The molecule has 84 valence electrons. The van der Waals surface area contributed by atoms with E-state index in [4.69, 9.17) is 0 Å². The molecule has 1 aliphatic heterocycles. The Balaban J connectivity index is 2.99. The van der Waals surface area contributed by atoms with Gasteiger partial charge in [-0.1, -0.05) is 0 Å². The largest absolute Gasteiger partial charge is 0.342 e. The Bertz CT molecular complexity index is 213. The number of nitrogens with one attached hydrogen (secondary N) is 2. The van der Waals surface area contributed by atoms with Gasteiger partial charge in [0.2, 0.25) is 0 Å². The van der Waals surface area contributed by atoms with Crippen molar-refractivity contribution in [1.82, 2.24) is 13.2 Å². The number of halogens is 1. The van der Waals surface area contributed by atoms with Crippen LogP contribution in [0.4, 0.5) is 0 Å². The van der Waals surface area contributed by atoms with E-state index in [1.54, 1.807) is 0 Å². The summed E-state index contributed by atoms with van der Waals surface area (Å²) in [6, 6.07) is 0. The van der Waals surface area contributed by atoms with Crippen LogP contribution in [0.1, 0.15) is 0 Å². The smallest absolute Gasteiger partial charge is 0.183 e. The fraction of sp³-hybridized carbons (Fsp3) is 1.00. The van der Waals surface area contributed by atoms with E-state index in [0.29, 0.717) is 0 Å². The summed E-state index contributed by atoms with van der Waals surface area (Å²) >= 11 is 2.64. The molecular formula is C6H22IN3Si4. The molecule has 0 bridgehead atoms. The molecule has 3 nitrogen and oxygen atoms in total. The van der Waals surface area contributed by atoms with Gasteiger partial charge in [-0.2, -0.15) is 0 Å². The van der Waals surface area contributed by atoms with Gasteiger partial charge >= 0.3 is 0 Å². The molecule has 0 aromatic carbocycles. The molecule has 1 saturated heterocycles. The van der Waals surface area contributed by atoms with Crippen molar-refractivity contribution in [3.8, 4) is 0 Å². The van der Waals surface area contributed by atoms with E-state index < -0.39 is 25.2 Å². The minimum atomic E-state index is -1.32. The van der Waals surface area contributed by atoms with Crippen LogP contribution < -0.4 is 9.30 Å². The molecule has 14 heavy (non-hydrogen) atoms. The second-order valence-corrected chi connectivity index (χ2v) is 22.7. The van der Waals surface area contributed by atoms with Crippen molar-refractivity contribution in [1.29, 1.82) is 0 Å². The number of hydrogen-bond donors (Lipinski definition) is 2. The van der Waals surface area contributed by atoms with Crippen LogP contribution in [0.5, 0.6) is 0 Å². The molecule has 0 unspecified atom stereocenters. The van der Waals surface area contributed by atoms with Crippen molar-refractivity contribution >= 4 is 54.2 Å². The summed E-state index contributed by atoms with van der Waals surface area (Å²) in [4.78, 5) is 0. The van der Waals surface area contributed by atoms with Crippen LogP contribution in [0.2, 0.25) is 39.3 Å². The lowest BCUT2D eigenvalue weighted by Crippen LogP contribution is -2.88. The van der Waals surface area contributed by atoms with E-state index >= 15 is 0 Å². The lowest BCUT2D eigenvalue weighted by molar-refractivity contribution is 0.854. The standard InChI is InChI=1S/C6H22IN3Si4/c1-12(2)8-13(3,4)10(11-7)14(5,6)9-12/h8-9H,11H2,1-6H3. The quantitative estimate of drug-likeness (QED) is 0.407. The van der Waals surface area contributed by atoms with E-state index in [9.17, 15) is 0 Å². The lowest BCUT2D eigenvalue weighted by Gasteiger charge is -2.56. The maximum atomic E-state index is 3.95. The highest BCUT2D eigenvalue weighted by Crippen LogP contribution is 2.23. The second kappa shape index (κ2) is 4.05. The van der Waals surface area contributed by atoms with Crippen LogP contribution in [0.15, 0.2) is 0 Å². The van der Waals surface area contributed by atoms with Crippen molar-refractivity contribution in [3.05, 3.63) is 0 Å². The first kappa shape index (κ1) is 13.5. The molecule has 0 amide bonds. The zero-order valence-electron chi connectivity index (χ0n) is 10.0. The van der Waals surface area contributed by atoms with E-state index in [0.717, 1.165) is 0 Å². The van der Waals surface area contributed by atoms with Crippen molar-refractivity contribution in [2.24, 2.45) is 0 Å². The fourth-order valence-electron chi connectivity index (χ4n) is 2.69. The maximum Gasteiger partial charge on any atom is 0.183 e. The zero-order chi connectivity index (χ0) is 11.2. The molecule has 1 fully saturated rings. The molecule has 0 aliphatic carbocycles. The molecule has 0 atom stereocenters. The van der Waals surface area contributed by atoms with Crippen LogP contribution in [0.25, 0.3) is 0 Å². The summed E-state index contributed by atoms with van der Waals surface area (Å²) in [6.45, 7) is 14.7. The number of nitrogens with zero attached hydrogens (tertiary/aromatic N) is 1. The van der Waals surface area contributed by atoms with Gasteiger partial charge in [0.1, 0.15) is 0 Å². The monoisotopic (exact) mass is 375 g/mol. The number of rotatable bonds is 1. The SMILES string of the molecule is C[Si]1(C)N[Si](C)(C)N([SiH2]I)[Si](C)(C)N1. The topological polar surface area (TPSA) is 27.3 Å². The Labute approximate surface area is 106 Å². The minimum Gasteiger partial charge on any atom is -0.342 e. The van der Waals surface area contributed by atoms with Gasteiger partial charge in [0, 0.05) is 0 Å². The van der Waals surface area contributed by atoms with E-state index in [1.807, 2.05) is 0 Å². The van der Waals surface area contributed by atoms with Crippen LogP contribution in [0.3, 0.4) is 0 Å². The first-order valence-corrected chi connectivity index (χ1v) is 19.7. The van der Waals surface area contributed by atoms with Gasteiger partial charge in [0.15, 0.2) is 32.4 Å². The Hall–Kier alpha value is 1.48. The first-order chi connectivity index (χ1) is 6.11. The van der Waals surface area contributed by atoms with E-state index in [-0.39, 0.29) is 7.18 Å². The van der Waals surface area contributed by atoms with Gasteiger partial charge in [-0.25, -0.2) is 0 Å². The lowest BCUT2D eigenvalue weighted by atomic mass is 11.9. The highest BCUT2D eigenvalue weighted by atomic mass is 127. The van der Waals surface area contributed by atoms with Gasteiger partial charge in [0.05, 0.1) is 0 Å². The Morgan fingerprint density at radius 3 is 1.57 bits per heavy atom. The third-order valence-corrected chi connectivity index (χ3v) is 30.5. The molecule has 0 aromatic rings. The molecule has 8 heteroatoms. The van der Waals surface area contributed by atoms with Crippen LogP contribution >= 0.6 is 21.8 Å². The zero-order valence-corrected chi connectivity index (χ0v) is 16.6. The third kappa shape index (κ3) is 2.78. The molecule has 0 aromatic heterocycles. The molecular weight excluding hydrogens is 353 g/mol. The van der Waals surface area contributed by atoms with Crippen LogP contribution in [-0.4, -0.2) is 36.3 Å². The van der Waals surface area contributed by atoms with Crippen molar-refractivity contribution in [2.45, 2.75) is 39.3 Å². The summed E-state index contributed by atoms with van der Waals surface area (Å²) in [5.41, 5.74) is 0. The highest BCUT2D eigenvalue weighted by molar-refractivity contribution is 14.1.